The van der Waals surface area contributed by atoms with E-state index < -0.39 is 14.3 Å². The summed E-state index contributed by atoms with van der Waals surface area (Å²) in [6, 6.07) is 32.8. The molecule has 3 aromatic rings. The zero-order valence-electron chi connectivity index (χ0n) is 12.4. The fourth-order valence-corrected chi connectivity index (χ4v) is 7.72. The van der Waals surface area contributed by atoms with Crippen LogP contribution in [0.2, 0.25) is 4.43 Å². The molecule has 21 heavy (non-hydrogen) atoms. The summed E-state index contributed by atoms with van der Waals surface area (Å²) < 4.78 is 6.69. The van der Waals surface area contributed by atoms with E-state index in [0.717, 1.165) is 26.1 Å². The van der Waals surface area contributed by atoms with Gasteiger partial charge in [0, 0.05) is 0 Å². The molecule has 0 N–H and O–H groups in total. The molecule has 100 valence electrons. The minimum absolute atomic E-state index is 1.03. The number of rotatable bonds is 3. The molecule has 0 atom stereocenters. The summed E-state index contributed by atoms with van der Waals surface area (Å²) in [5.74, 6) is 0. The molecule has 0 fully saturated rings. The fraction of sp³-hybridized carbons (Fsp3) is 0.0526. The van der Waals surface area contributed by atoms with E-state index in [2.05, 4.69) is 95.4 Å². The van der Waals surface area contributed by atoms with E-state index in [9.17, 15) is 0 Å². The number of hydrogen-bond donors (Lipinski definition) is 0. The molecule has 3 aromatic carbocycles. The van der Waals surface area contributed by atoms with E-state index in [1.807, 2.05) is 0 Å². The molecule has 0 saturated heterocycles. The van der Waals surface area contributed by atoms with Gasteiger partial charge in [-0.05, 0) is 0 Å². The van der Waals surface area contributed by atoms with Crippen LogP contribution >= 0.6 is 0 Å². The van der Waals surface area contributed by atoms with Gasteiger partial charge in [0.2, 0.25) is 0 Å². The Labute approximate surface area is 148 Å². The van der Waals surface area contributed by atoms with Crippen LogP contribution in [0.25, 0.3) is 0 Å². The van der Waals surface area contributed by atoms with Crippen molar-refractivity contribution in [1.82, 2.24) is 0 Å². The average molecular weight is 520 g/mol. The van der Waals surface area contributed by atoms with E-state index in [1.54, 1.807) is 0 Å². The molecule has 0 nitrogen and oxygen atoms in total. The number of benzene rings is 3. The SMILES string of the molecule is [CH3][Hg].c1cc[c]([Ge]([c]2ccccc2)[c]2ccccc2)cc1. The van der Waals surface area contributed by atoms with Crippen LogP contribution in [0.15, 0.2) is 91.0 Å². The third-order valence-electron chi connectivity index (χ3n) is 3.19. The first-order valence-corrected chi connectivity index (χ1v) is 15.8. The van der Waals surface area contributed by atoms with Crippen molar-refractivity contribution >= 4 is 27.5 Å². The molecular weight excluding hydrogens is 501 g/mol. The van der Waals surface area contributed by atoms with E-state index in [4.69, 9.17) is 0 Å². The molecule has 0 heterocycles. The Kier molecular flexibility index (Phi) is 7.24. The third-order valence-corrected chi connectivity index (χ3v) is 8.92. The van der Waals surface area contributed by atoms with E-state index in [0.29, 0.717) is 0 Å². The van der Waals surface area contributed by atoms with Gasteiger partial charge in [0.1, 0.15) is 0 Å². The van der Waals surface area contributed by atoms with Crippen molar-refractivity contribution in [1.29, 1.82) is 0 Å². The van der Waals surface area contributed by atoms with Gasteiger partial charge in [0.15, 0.2) is 0 Å². The second kappa shape index (κ2) is 9.22. The minimum atomic E-state index is -1.63. The third kappa shape index (κ3) is 4.55. The summed E-state index contributed by atoms with van der Waals surface area (Å²) in [6.45, 7) is 0. The molecule has 0 bridgehead atoms. The van der Waals surface area contributed by atoms with Crippen LogP contribution < -0.4 is 13.2 Å². The van der Waals surface area contributed by atoms with Crippen LogP contribution in [0, 0.1) is 0 Å². The molecule has 0 aliphatic heterocycles. The first-order valence-electron chi connectivity index (χ1n) is 7.19. The standard InChI is InChI=1S/C18H15Ge.CH3.Hg/c1-4-10-16(11-5-1)19(17-12-6-2-7-13-17)18-14-8-3-9-15-18;;/h1-15H;1H3;. The Balaban J connectivity index is 0.000000774. The molecule has 0 saturated carbocycles. The molecule has 0 aliphatic carbocycles. The Morgan fingerprint density at radius 3 is 0.952 bits per heavy atom. The summed E-state index contributed by atoms with van der Waals surface area (Å²) in [5.41, 5.74) is 0. The predicted octanol–water partition coefficient (Wildman–Crippen LogP) is 2.78. The molecule has 0 unspecified atom stereocenters. The zero-order chi connectivity index (χ0) is 14.9. The monoisotopic (exact) mass is 522 g/mol. The summed E-state index contributed by atoms with van der Waals surface area (Å²) in [4.78, 5) is 0. The summed E-state index contributed by atoms with van der Waals surface area (Å²) in [7, 11) is 0. The van der Waals surface area contributed by atoms with Crippen LogP contribution in [0.5, 0.6) is 0 Å². The Hall–Kier alpha value is -0.862. The van der Waals surface area contributed by atoms with Gasteiger partial charge in [-0.25, -0.2) is 0 Å². The van der Waals surface area contributed by atoms with E-state index in [1.165, 1.54) is 13.2 Å². The van der Waals surface area contributed by atoms with Gasteiger partial charge in [0.05, 0.1) is 0 Å². The van der Waals surface area contributed by atoms with Crippen molar-refractivity contribution < 1.29 is 26.1 Å². The van der Waals surface area contributed by atoms with Crippen LogP contribution in [-0.4, -0.2) is 14.3 Å². The van der Waals surface area contributed by atoms with Gasteiger partial charge in [0.25, 0.3) is 0 Å². The maximum atomic E-state index is 2.27. The molecule has 0 spiro atoms. The second-order valence-electron chi connectivity index (χ2n) is 4.47. The molecule has 0 aromatic heterocycles. The molecular formula is C19H18GeHg. The van der Waals surface area contributed by atoms with Gasteiger partial charge >= 0.3 is 149 Å². The average Bonchev–Trinajstić information content (AvgIpc) is 2.60. The predicted molar refractivity (Wildman–Crippen MR) is 89.8 cm³/mol. The fourth-order valence-electron chi connectivity index (χ4n) is 2.31. The Morgan fingerprint density at radius 2 is 0.714 bits per heavy atom. The van der Waals surface area contributed by atoms with E-state index in [-0.39, 0.29) is 0 Å². The molecule has 3 rings (SSSR count). The second-order valence-corrected chi connectivity index (χ2v) is 9.68. The van der Waals surface area contributed by atoms with Crippen molar-refractivity contribution in [2.75, 3.05) is 0 Å². The van der Waals surface area contributed by atoms with Crippen molar-refractivity contribution in [3.63, 3.8) is 0 Å². The topological polar surface area (TPSA) is 0 Å². The first-order chi connectivity index (χ1) is 10.4. The van der Waals surface area contributed by atoms with Crippen molar-refractivity contribution in [2.45, 2.75) is 4.43 Å². The van der Waals surface area contributed by atoms with Crippen LogP contribution in [0.4, 0.5) is 0 Å². The summed E-state index contributed by atoms with van der Waals surface area (Å²) in [6.07, 6.45) is 0. The molecule has 1 radical (unpaired) electrons. The normalized spacial score (nSPS) is 9.90. The van der Waals surface area contributed by atoms with Gasteiger partial charge < -0.3 is 0 Å². The van der Waals surface area contributed by atoms with Crippen LogP contribution in [0.3, 0.4) is 0 Å². The quantitative estimate of drug-likeness (QED) is 0.467. The van der Waals surface area contributed by atoms with Crippen molar-refractivity contribution in [3.8, 4) is 0 Å². The molecule has 0 amide bonds. The van der Waals surface area contributed by atoms with E-state index >= 15 is 0 Å². The zero-order valence-corrected chi connectivity index (χ0v) is 20.0. The van der Waals surface area contributed by atoms with Crippen molar-refractivity contribution in [3.05, 3.63) is 91.0 Å². The van der Waals surface area contributed by atoms with Gasteiger partial charge in [-0.15, -0.1) is 0 Å². The van der Waals surface area contributed by atoms with Crippen LogP contribution in [0.1, 0.15) is 0 Å². The summed E-state index contributed by atoms with van der Waals surface area (Å²) in [5, 5.41) is 0. The van der Waals surface area contributed by atoms with Crippen molar-refractivity contribution in [2.24, 2.45) is 0 Å². The van der Waals surface area contributed by atoms with Gasteiger partial charge in [-0.1, -0.05) is 0 Å². The number of hydrogen-bond acceptors (Lipinski definition) is 0. The maximum absolute atomic E-state index is 2.27. The van der Waals surface area contributed by atoms with Gasteiger partial charge in [-0.3, -0.25) is 0 Å². The van der Waals surface area contributed by atoms with Crippen LogP contribution in [-0.2, 0) is 26.1 Å². The molecule has 2 heteroatoms. The molecule has 0 aliphatic rings. The van der Waals surface area contributed by atoms with Gasteiger partial charge in [-0.2, -0.15) is 0 Å². The summed E-state index contributed by atoms with van der Waals surface area (Å²) >= 11 is -0.604. The first kappa shape index (κ1) is 16.5. The Bertz CT molecular complexity index is 530. The Morgan fingerprint density at radius 1 is 0.476 bits per heavy atom.